The van der Waals surface area contributed by atoms with Gasteiger partial charge in [0.15, 0.2) is 0 Å². The molecular weight excluding hydrogens is 246 g/mol. The Bertz CT molecular complexity index is 480. The lowest BCUT2D eigenvalue weighted by Gasteiger charge is -2.08. The normalized spacial score (nSPS) is 13.0. The molecule has 2 heterocycles. The minimum atomic E-state index is -0.623. The number of halogens is 1. The summed E-state index contributed by atoms with van der Waals surface area (Å²) in [6, 6.07) is 0. The number of aromatic nitrogens is 3. The van der Waals surface area contributed by atoms with E-state index in [0.717, 1.165) is 10.6 Å². The van der Waals surface area contributed by atoms with Gasteiger partial charge < -0.3 is 5.11 Å². The molecule has 0 aliphatic rings. The highest BCUT2D eigenvalue weighted by Crippen LogP contribution is 2.28. The summed E-state index contributed by atoms with van der Waals surface area (Å²) in [4.78, 5) is 5.01. The van der Waals surface area contributed by atoms with Crippen molar-refractivity contribution in [2.45, 2.75) is 19.4 Å². The minimum absolute atomic E-state index is 0.495. The van der Waals surface area contributed by atoms with Crippen LogP contribution in [0.3, 0.4) is 0 Å². The van der Waals surface area contributed by atoms with Crippen molar-refractivity contribution >= 4 is 22.9 Å². The lowest BCUT2D eigenvalue weighted by atomic mass is 10.1. The maximum atomic E-state index is 10.1. The highest BCUT2D eigenvalue weighted by Gasteiger charge is 2.20. The second-order valence-electron chi connectivity index (χ2n) is 3.60. The molecule has 1 N–H and O–H groups in total. The van der Waals surface area contributed by atoms with Crippen LogP contribution in [0.5, 0.6) is 0 Å². The molecule has 4 nitrogen and oxygen atoms in total. The molecule has 0 radical (unpaired) electrons. The summed E-state index contributed by atoms with van der Waals surface area (Å²) in [5, 5.41) is 14.8. The third-order valence-electron chi connectivity index (χ3n) is 2.41. The topological polar surface area (TPSA) is 50.9 Å². The molecule has 6 heteroatoms. The number of aryl methyl sites for hydroxylation is 2. The van der Waals surface area contributed by atoms with Crippen LogP contribution in [0.1, 0.15) is 22.2 Å². The summed E-state index contributed by atoms with van der Waals surface area (Å²) < 4.78 is 1.57. The molecule has 0 aliphatic heterocycles. The molecule has 0 aromatic carbocycles. The van der Waals surface area contributed by atoms with Gasteiger partial charge in [-0.1, -0.05) is 11.6 Å². The van der Waals surface area contributed by atoms with Crippen LogP contribution < -0.4 is 0 Å². The zero-order valence-corrected chi connectivity index (χ0v) is 10.6. The molecule has 0 bridgehead atoms. The predicted octanol–water partition coefficient (Wildman–Crippen LogP) is 2.11. The van der Waals surface area contributed by atoms with Gasteiger partial charge in [0.2, 0.25) is 0 Å². The summed E-state index contributed by atoms with van der Waals surface area (Å²) in [7, 11) is 1.76. The van der Waals surface area contributed by atoms with Gasteiger partial charge in [0.25, 0.3) is 0 Å². The van der Waals surface area contributed by atoms with Crippen LogP contribution in [0, 0.1) is 6.92 Å². The number of rotatable bonds is 3. The van der Waals surface area contributed by atoms with Crippen molar-refractivity contribution in [2.75, 3.05) is 0 Å². The Kier molecular flexibility index (Phi) is 3.28. The van der Waals surface area contributed by atoms with Crippen molar-refractivity contribution in [3.8, 4) is 0 Å². The van der Waals surface area contributed by atoms with Gasteiger partial charge in [-0.05, 0) is 6.92 Å². The summed E-state index contributed by atoms with van der Waals surface area (Å²) in [6.07, 6.45) is 1.66. The highest BCUT2D eigenvalue weighted by molar-refractivity contribution is 7.09. The lowest BCUT2D eigenvalue weighted by Crippen LogP contribution is -2.02. The van der Waals surface area contributed by atoms with Crippen LogP contribution in [0.25, 0.3) is 0 Å². The van der Waals surface area contributed by atoms with Gasteiger partial charge in [-0.25, -0.2) is 0 Å². The third kappa shape index (κ3) is 2.11. The number of aliphatic hydroxyl groups excluding tert-OH is 1. The number of nitrogens with zero attached hydrogens (tertiary/aromatic N) is 3. The molecule has 0 fully saturated rings. The van der Waals surface area contributed by atoms with Crippen LogP contribution in [0.4, 0.5) is 0 Å². The zero-order valence-electron chi connectivity index (χ0n) is 9.01. The SMILES string of the molecule is Cc1nn(C)c(Cl)c1C(O)Cc1cncs1. The van der Waals surface area contributed by atoms with Crippen molar-refractivity contribution in [3.63, 3.8) is 0 Å². The molecule has 1 unspecified atom stereocenters. The van der Waals surface area contributed by atoms with E-state index in [-0.39, 0.29) is 0 Å². The number of thiazole rings is 1. The first-order chi connectivity index (χ1) is 7.59. The second-order valence-corrected chi connectivity index (χ2v) is 4.93. The van der Waals surface area contributed by atoms with Crippen LogP contribution in [0.15, 0.2) is 11.7 Å². The Labute approximate surface area is 103 Å². The predicted molar refractivity (Wildman–Crippen MR) is 63.7 cm³/mol. The van der Waals surface area contributed by atoms with E-state index in [1.807, 2.05) is 6.92 Å². The number of aliphatic hydroxyl groups is 1. The van der Waals surface area contributed by atoms with Crippen molar-refractivity contribution in [3.05, 3.63) is 33.0 Å². The first-order valence-corrected chi connectivity index (χ1v) is 6.09. The van der Waals surface area contributed by atoms with Gasteiger partial charge in [0, 0.05) is 30.1 Å². The van der Waals surface area contributed by atoms with Gasteiger partial charge >= 0.3 is 0 Å². The molecule has 0 saturated carbocycles. The molecule has 0 saturated heterocycles. The van der Waals surface area contributed by atoms with Crippen molar-refractivity contribution in [1.82, 2.24) is 14.8 Å². The Hall–Kier alpha value is -0.910. The van der Waals surface area contributed by atoms with Crippen molar-refractivity contribution in [1.29, 1.82) is 0 Å². The van der Waals surface area contributed by atoms with Gasteiger partial charge in [-0.2, -0.15) is 5.10 Å². The van der Waals surface area contributed by atoms with Crippen LogP contribution in [-0.4, -0.2) is 19.9 Å². The number of hydrogen-bond donors (Lipinski definition) is 1. The van der Waals surface area contributed by atoms with E-state index in [0.29, 0.717) is 17.1 Å². The fourth-order valence-electron chi connectivity index (χ4n) is 1.66. The lowest BCUT2D eigenvalue weighted by molar-refractivity contribution is 0.178. The molecule has 2 aromatic heterocycles. The van der Waals surface area contributed by atoms with Gasteiger partial charge in [-0.3, -0.25) is 9.67 Å². The van der Waals surface area contributed by atoms with Crippen LogP contribution in [0.2, 0.25) is 5.15 Å². The fraction of sp³-hybridized carbons (Fsp3) is 0.400. The van der Waals surface area contributed by atoms with E-state index < -0.39 is 6.10 Å². The summed E-state index contributed by atoms with van der Waals surface area (Å²) in [5.41, 5.74) is 3.22. The standard InChI is InChI=1S/C10H12ClN3OS/c1-6-9(10(11)14(2)13-6)8(15)3-7-4-12-5-16-7/h4-5,8,15H,3H2,1-2H3. The molecule has 0 aliphatic carbocycles. The van der Waals surface area contributed by atoms with Crippen molar-refractivity contribution < 1.29 is 5.11 Å². The third-order valence-corrected chi connectivity index (χ3v) is 3.66. The van der Waals surface area contributed by atoms with Crippen LogP contribution in [-0.2, 0) is 13.5 Å². The van der Waals surface area contributed by atoms with E-state index >= 15 is 0 Å². The van der Waals surface area contributed by atoms with Gasteiger partial charge in [-0.15, -0.1) is 11.3 Å². The largest absolute Gasteiger partial charge is 0.388 e. The molecular formula is C10H12ClN3OS. The maximum absolute atomic E-state index is 10.1. The Morgan fingerprint density at radius 2 is 2.38 bits per heavy atom. The first kappa shape index (κ1) is 11.6. The molecule has 16 heavy (non-hydrogen) atoms. The average Bonchev–Trinajstić information content (AvgIpc) is 2.77. The number of hydrogen-bond acceptors (Lipinski definition) is 4. The van der Waals surface area contributed by atoms with E-state index in [9.17, 15) is 5.11 Å². The Balaban J connectivity index is 2.24. The molecule has 1 atom stereocenters. The summed E-state index contributed by atoms with van der Waals surface area (Å²) in [5.74, 6) is 0. The van der Waals surface area contributed by atoms with Gasteiger partial charge in [0.1, 0.15) is 5.15 Å². The Morgan fingerprint density at radius 3 is 2.88 bits per heavy atom. The molecule has 2 rings (SSSR count). The summed E-state index contributed by atoms with van der Waals surface area (Å²) >= 11 is 7.60. The monoisotopic (exact) mass is 257 g/mol. The minimum Gasteiger partial charge on any atom is -0.388 e. The average molecular weight is 258 g/mol. The van der Waals surface area contributed by atoms with Crippen LogP contribution >= 0.6 is 22.9 Å². The van der Waals surface area contributed by atoms with E-state index in [4.69, 9.17) is 11.6 Å². The van der Waals surface area contributed by atoms with E-state index in [1.54, 1.807) is 23.4 Å². The van der Waals surface area contributed by atoms with Gasteiger partial charge in [0.05, 0.1) is 17.3 Å². The molecule has 0 amide bonds. The maximum Gasteiger partial charge on any atom is 0.132 e. The smallest absolute Gasteiger partial charge is 0.132 e. The highest BCUT2D eigenvalue weighted by atomic mass is 35.5. The molecule has 2 aromatic rings. The first-order valence-electron chi connectivity index (χ1n) is 4.84. The van der Waals surface area contributed by atoms with E-state index in [1.165, 1.54) is 11.3 Å². The van der Waals surface area contributed by atoms with Crippen molar-refractivity contribution in [2.24, 2.45) is 7.05 Å². The second kappa shape index (κ2) is 4.53. The Morgan fingerprint density at radius 1 is 1.62 bits per heavy atom. The summed E-state index contributed by atoms with van der Waals surface area (Å²) in [6.45, 7) is 1.84. The quantitative estimate of drug-likeness (QED) is 0.916. The van der Waals surface area contributed by atoms with E-state index in [2.05, 4.69) is 10.1 Å². The molecule has 86 valence electrons. The zero-order chi connectivity index (χ0) is 11.7. The fourth-order valence-corrected chi connectivity index (χ4v) is 2.59. The molecule has 0 spiro atoms.